The number of ether oxygens (including phenoxy) is 2. The van der Waals surface area contributed by atoms with Gasteiger partial charge in [-0.15, -0.1) is 0 Å². The number of halogens is 1. The van der Waals surface area contributed by atoms with Crippen LogP contribution in [-0.4, -0.2) is 19.3 Å². The first kappa shape index (κ1) is 19.7. The molecule has 130 valence electrons. The van der Waals surface area contributed by atoms with Crippen LogP contribution < -0.4 is 26.1 Å². The van der Waals surface area contributed by atoms with Crippen molar-refractivity contribution >= 4 is 21.6 Å². The fourth-order valence-electron chi connectivity index (χ4n) is 2.06. The summed E-state index contributed by atoms with van der Waals surface area (Å²) in [6, 6.07) is 2.90. The summed E-state index contributed by atoms with van der Waals surface area (Å²) < 4.78 is 11.3. The Bertz CT molecular complexity index is 697. The standard InChI is InChI=1S/C17H22BrN3O3/c1-5-12(7-6-11(2)18)15(10-19)21(20)14-8-13(22)9-16(23-3)17(14)24-4/h5-10,22H,2,19-20H2,1,3-4H3/b7-6-,12-5+,15-10-. The maximum atomic E-state index is 9.91. The Kier molecular flexibility index (Phi) is 7.41. The van der Waals surface area contributed by atoms with Gasteiger partial charge in [-0.2, -0.15) is 0 Å². The summed E-state index contributed by atoms with van der Waals surface area (Å²) in [5.74, 6) is 6.95. The molecule has 0 amide bonds. The van der Waals surface area contributed by atoms with Gasteiger partial charge in [0.15, 0.2) is 11.5 Å². The predicted octanol–water partition coefficient (Wildman–Crippen LogP) is 3.30. The molecule has 0 bridgehead atoms. The highest BCUT2D eigenvalue weighted by Crippen LogP contribution is 2.41. The van der Waals surface area contributed by atoms with Crippen molar-refractivity contribution in [3.8, 4) is 17.2 Å². The van der Waals surface area contributed by atoms with Crippen LogP contribution in [-0.2, 0) is 0 Å². The zero-order valence-electron chi connectivity index (χ0n) is 13.9. The van der Waals surface area contributed by atoms with Crippen molar-refractivity contribution in [1.82, 2.24) is 0 Å². The van der Waals surface area contributed by atoms with Crippen LogP contribution in [0.3, 0.4) is 0 Å². The van der Waals surface area contributed by atoms with Gasteiger partial charge in [-0.05, 0) is 18.6 Å². The van der Waals surface area contributed by atoms with E-state index in [1.807, 2.05) is 19.1 Å². The van der Waals surface area contributed by atoms with Crippen molar-refractivity contribution in [3.63, 3.8) is 0 Å². The Hall–Kier alpha value is -2.38. The zero-order valence-corrected chi connectivity index (χ0v) is 15.5. The summed E-state index contributed by atoms with van der Waals surface area (Å²) in [5, 5.41) is 11.2. The Labute approximate surface area is 150 Å². The smallest absolute Gasteiger partial charge is 0.186 e. The molecule has 1 rings (SSSR count). The van der Waals surface area contributed by atoms with Crippen molar-refractivity contribution in [2.75, 3.05) is 19.2 Å². The first-order chi connectivity index (χ1) is 11.4. The number of phenols is 1. The van der Waals surface area contributed by atoms with E-state index in [0.717, 1.165) is 5.57 Å². The third-order valence-electron chi connectivity index (χ3n) is 3.17. The van der Waals surface area contributed by atoms with Crippen molar-refractivity contribution in [2.24, 2.45) is 11.6 Å². The minimum absolute atomic E-state index is 0.0131. The Balaban J connectivity index is 3.40. The van der Waals surface area contributed by atoms with Crippen LogP contribution in [0.5, 0.6) is 17.2 Å². The van der Waals surface area contributed by atoms with Crippen LogP contribution in [0.2, 0.25) is 0 Å². The van der Waals surface area contributed by atoms with Gasteiger partial charge in [0, 0.05) is 22.8 Å². The molecule has 0 atom stereocenters. The van der Waals surface area contributed by atoms with Gasteiger partial charge < -0.3 is 20.3 Å². The molecule has 0 heterocycles. The van der Waals surface area contributed by atoms with Gasteiger partial charge in [-0.1, -0.05) is 34.7 Å². The first-order valence-electron chi connectivity index (χ1n) is 7.00. The van der Waals surface area contributed by atoms with Crippen LogP contribution in [0.15, 0.2) is 58.9 Å². The molecule has 6 nitrogen and oxygen atoms in total. The summed E-state index contributed by atoms with van der Waals surface area (Å²) in [7, 11) is 2.96. The lowest BCUT2D eigenvalue weighted by Gasteiger charge is -2.25. The quantitative estimate of drug-likeness (QED) is 0.372. The summed E-state index contributed by atoms with van der Waals surface area (Å²) in [6.07, 6.45) is 6.79. The largest absolute Gasteiger partial charge is 0.508 e. The van der Waals surface area contributed by atoms with Crippen molar-refractivity contribution in [1.29, 1.82) is 0 Å². The number of nitrogens with two attached hydrogens (primary N) is 2. The van der Waals surface area contributed by atoms with Gasteiger partial charge in [0.1, 0.15) is 11.4 Å². The lowest BCUT2D eigenvalue weighted by Crippen LogP contribution is -2.32. The molecule has 0 radical (unpaired) electrons. The number of anilines is 1. The third kappa shape index (κ3) is 4.56. The van der Waals surface area contributed by atoms with E-state index in [1.54, 1.807) is 6.08 Å². The number of aromatic hydroxyl groups is 1. The SMILES string of the molecule is C=C(Br)\C=C/C(=C\C)C(=C/N)/N(N)c1cc(O)cc(OC)c1OC. The third-order valence-corrected chi connectivity index (χ3v) is 3.44. The second-order valence-electron chi connectivity index (χ2n) is 4.65. The maximum Gasteiger partial charge on any atom is 0.186 e. The van der Waals surface area contributed by atoms with E-state index >= 15 is 0 Å². The fourth-order valence-corrected chi connectivity index (χ4v) is 2.20. The molecule has 0 unspecified atom stereocenters. The summed E-state index contributed by atoms with van der Waals surface area (Å²) in [5.41, 5.74) is 7.43. The lowest BCUT2D eigenvalue weighted by molar-refractivity contribution is 0.352. The Morgan fingerprint density at radius 1 is 1.29 bits per heavy atom. The van der Waals surface area contributed by atoms with Crippen LogP contribution in [0, 0.1) is 0 Å². The van der Waals surface area contributed by atoms with E-state index in [-0.39, 0.29) is 5.75 Å². The molecule has 24 heavy (non-hydrogen) atoms. The molecule has 0 aliphatic rings. The molecule has 5 N–H and O–H groups in total. The van der Waals surface area contributed by atoms with E-state index in [9.17, 15) is 5.11 Å². The van der Waals surface area contributed by atoms with Crippen LogP contribution in [0.25, 0.3) is 0 Å². The monoisotopic (exact) mass is 395 g/mol. The number of rotatable bonds is 7. The van der Waals surface area contributed by atoms with E-state index in [2.05, 4.69) is 22.5 Å². The van der Waals surface area contributed by atoms with Crippen LogP contribution in [0.4, 0.5) is 5.69 Å². The van der Waals surface area contributed by atoms with Gasteiger partial charge in [0.25, 0.3) is 0 Å². The van der Waals surface area contributed by atoms with Crippen molar-refractivity contribution in [2.45, 2.75) is 6.92 Å². The summed E-state index contributed by atoms with van der Waals surface area (Å²) >= 11 is 3.26. The number of phenolic OH excluding ortho intramolecular Hbond substituents is 1. The second-order valence-corrected chi connectivity index (χ2v) is 5.67. The fraction of sp³-hybridized carbons (Fsp3) is 0.176. The number of hydrogen-bond acceptors (Lipinski definition) is 6. The highest BCUT2D eigenvalue weighted by atomic mass is 79.9. The van der Waals surface area contributed by atoms with Gasteiger partial charge in [0.2, 0.25) is 0 Å². The second kappa shape index (κ2) is 9.05. The van der Waals surface area contributed by atoms with Crippen molar-refractivity contribution in [3.05, 3.63) is 58.9 Å². The Morgan fingerprint density at radius 2 is 1.96 bits per heavy atom. The molecule has 0 saturated carbocycles. The van der Waals surface area contributed by atoms with Gasteiger partial charge in [-0.3, -0.25) is 5.01 Å². The van der Waals surface area contributed by atoms with Gasteiger partial charge in [0.05, 0.1) is 19.9 Å². The molecule has 0 aliphatic carbocycles. The van der Waals surface area contributed by atoms with Gasteiger partial charge in [-0.25, -0.2) is 5.84 Å². The molecule has 0 fully saturated rings. The van der Waals surface area contributed by atoms with Crippen LogP contribution >= 0.6 is 15.9 Å². The molecular formula is C17H22BrN3O3. The minimum atomic E-state index is -0.0131. The van der Waals surface area contributed by atoms with E-state index < -0.39 is 0 Å². The maximum absolute atomic E-state index is 9.91. The minimum Gasteiger partial charge on any atom is -0.508 e. The zero-order chi connectivity index (χ0) is 18.3. The molecule has 0 saturated heterocycles. The number of methoxy groups -OCH3 is 2. The molecule has 1 aromatic rings. The van der Waals surface area contributed by atoms with Gasteiger partial charge >= 0.3 is 0 Å². The van der Waals surface area contributed by atoms with Crippen LogP contribution in [0.1, 0.15) is 6.92 Å². The number of benzene rings is 1. The number of hydrazine groups is 1. The number of nitrogens with zero attached hydrogens (tertiary/aromatic N) is 1. The molecule has 0 aliphatic heterocycles. The highest BCUT2D eigenvalue weighted by molar-refractivity contribution is 9.11. The topological polar surface area (TPSA) is 94.0 Å². The van der Waals surface area contributed by atoms with E-state index in [4.69, 9.17) is 21.1 Å². The number of allylic oxidation sites excluding steroid dienone is 4. The number of hydrogen-bond donors (Lipinski definition) is 3. The normalized spacial score (nSPS) is 12.4. The molecule has 1 aromatic carbocycles. The predicted molar refractivity (Wildman–Crippen MR) is 101 cm³/mol. The van der Waals surface area contributed by atoms with E-state index in [1.165, 1.54) is 37.6 Å². The lowest BCUT2D eigenvalue weighted by atomic mass is 10.1. The molecular weight excluding hydrogens is 374 g/mol. The average molecular weight is 396 g/mol. The molecule has 0 aromatic heterocycles. The summed E-state index contributed by atoms with van der Waals surface area (Å²) in [4.78, 5) is 0. The highest BCUT2D eigenvalue weighted by Gasteiger charge is 2.20. The molecule has 7 heteroatoms. The first-order valence-corrected chi connectivity index (χ1v) is 7.79. The Morgan fingerprint density at radius 3 is 2.42 bits per heavy atom. The van der Waals surface area contributed by atoms with Crippen molar-refractivity contribution < 1.29 is 14.6 Å². The average Bonchev–Trinajstić information content (AvgIpc) is 2.56. The summed E-state index contributed by atoms with van der Waals surface area (Å²) in [6.45, 7) is 5.60. The van der Waals surface area contributed by atoms with E-state index in [0.29, 0.717) is 27.4 Å². The molecule has 0 spiro atoms.